The van der Waals surface area contributed by atoms with E-state index in [9.17, 15) is 14.0 Å². The number of carbonyl (C=O) groups excluding carboxylic acids is 1. The number of ketones is 1. The average Bonchev–Trinajstić information content (AvgIpc) is 2.40. The molecule has 0 aliphatic carbocycles. The summed E-state index contributed by atoms with van der Waals surface area (Å²) < 4.78 is 12.9. The van der Waals surface area contributed by atoms with Crippen LogP contribution in [0.1, 0.15) is 26.2 Å². The van der Waals surface area contributed by atoms with Crippen LogP contribution in [0.3, 0.4) is 0 Å². The van der Waals surface area contributed by atoms with E-state index < -0.39 is 18.1 Å². The molecule has 0 fully saturated rings. The maximum atomic E-state index is 12.9. The lowest BCUT2D eigenvalue weighted by molar-refractivity contribution is -0.119. The third-order valence-electron chi connectivity index (χ3n) is 2.69. The van der Waals surface area contributed by atoms with E-state index in [1.807, 2.05) is 6.92 Å². The zero-order valence-corrected chi connectivity index (χ0v) is 11.2. The molecule has 1 aromatic rings. The summed E-state index contributed by atoms with van der Waals surface area (Å²) in [7, 11) is 0. The fourth-order valence-electron chi connectivity index (χ4n) is 1.68. The molecule has 0 saturated heterocycles. The van der Waals surface area contributed by atoms with E-state index in [2.05, 4.69) is 15.6 Å². The predicted octanol–water partition coefficient (Wildman–Crippen LogP) is 2.03. The van der Waals surface area contributed by atoms with Crippen LogP contribution in [0.25, 0.3) is 0 Å². The van der Waals surface area contributed by atoms with E-state index in [1.54, 1.807) is 0 Å². The number of Topliss-reactive ketones (excluding diaryl/α,β-unsaturated/α-hetero) is 1. The zero-order chi connectivity index (χ0) is 15.0. The summed E-state index contributed by atoms with van der Waals surface area (Å²) >= 11 is 0. The second-order valence-corrected chi connectivity index (χ2v) is 4.31. The highest BCUT2D eigenvalue weighted by Crippen LogP contribution is 2.05. The number of hydrogen-bond acceptors (Lipinski definition) is 4. The van der Waals surface area contributed by atoms with Gasteiger partial charge in [-0.2, -0.15) is 4.39 Å². The molecule has 0 aromatic carbocycles. The monoisotopic (exact) mass is 283 g/mol. The number of carboxylic acid groups (broad SMARTS) is 1. The Hall–Kier alpha value is -2.18. The van der Waals surface area contributed by atoms with Crippen molar-refractivity contribution < 1.29 is 19.1 Å². The fourth-order valence-corrected chi connectivity index (χ4v) is 1.68. The Labute approximate surface area is 116 Å². The van der Waals surface area contributed by atoms with Crippen molar-refractivity contribution in [3.63, 3.8) is 0 Å². The first-order chi connectivity index (χ1) is 9.52. The van der Waals surface area contributed by atoms with Crippen LogP contribution < -0.4 is 10.6 Å². The van der Waals surface area contributed by atoms with Crippen molar-refractivity contribution in [3.05, 3.63) is 24.1 Å². The molecule has 0 saturated carbocycles. The summed E-state index contributed by atoms with van der Waals surface area (Å²) in [6.07, 6.45) is 0.821. The van der Waals surface area contributed by atoms with Gasteiger partial charge in [-0.1, -0.05) is 25.8 Å². The Morgan fingerprint density at radius 2 is 2.20 bits per heavy atom. The van der Waals surface area contributed by atoms with Crippen LogP contribution >= 0.6 is 0 Å². The van der Waals surface area contributed by atoms with E-state index in [1.165, 1.54) is 18.2 Å². The molecule has 1 heterocycles. The summed E-state index contributed by atoms with van der Waals surface area (Å²) in [5, 5.41) is 13.6. The molecule has 1 atom stereocenters. The van der Waals surface area contributed by atoms with Crippen molar-refractivity contribution in [1.29, 1.82) is 0 Å². The Kier molecular flexibility index (Phi) is 6.42. The summed E-state index contributed by atoms with van der Waals surface area (Å²) in [4.78, 5) is 26.1. The summed E-state index contributed by atoms with van der Waals surface area (Å²) in [5.74, 6) is -0.705. The number of nitrogens with one attached hydrogen (secondary N) is 2. The van der Waals surface area contributed by atoms with Gasteiger partial charge in [0, 0.05) is 0 Å². The smallest absolute Gasteiger partial charge is 0.405 e. The van der Waals surface area contributed by atoms with Gasteiger partial charge in [0.25, 0.3) is 0 Å². The Morgan fingerprint density at radius 3 is 2.80 bits per heavy atom. The number of pyridine rings is 1. The van der Waals surface area contributed by atoms with Gasteiger partial charge in [0.15, 0.2) is 5.78 Å². The van der Waals surface area contributed by atoms with Gasteiger partial charge in [-0.25, -0.2) is 9.78 Å². The van der Waals surface area contributed by atoms with Crippen molar-refractivity contribution >= 4 is 17.7 Å². The van der Waals surface area contributed by atoms with Crippen molar-refractivity contribution in [3.8, 4) is 0 Å². The minimum absolute atomic E-state index is 0.106. The number of nitrogens with zero attached hydrogens (tertiary/aromatic N) is 1. The molecule has 0 radical (unpaired) electrons. The van der Waals surface area contributed by atoms with Gasteiger partial charge in [-0.15, -0.1) is 0 Å². The summed E-state index contributed by atoms with van der Waals surface area (Å²) in [6.45, 7) is 1.85. The second-order valence-electron chi connectivity index (χ2n) is 4.31. The molecule has 1 rings (SSSR count). The van der Waals surface area contributed by atoms with E-state index in [-0.39, 0.29) is 18.1 Å². The lowest BCUT2D eigenvalue weighted by Gasteiger charge is -2.15. The van der Waals surface area contributed by atoms with Gasteiger partial charge in [-0.05, 0) is 18.6 Å². The molecule has 0 bridgehead atoms. The normalized spacial score (nSPS) is 11.7. The van der Waals surface area contributed by atoms with Crippen LogP contribution in [0.15, 0.2) is 18.2 Å². The largest absolute Gasteiger partial charge is 0.465 e. The molecule has 20 heavy (non-hydrogen) atoms. The Morgan fingerprint density at radius 1 is 1.45 bits per heavy atom. The van der Waals surface area contributed by atoms with Gasteiger partial charge >= 0.3 is 6.09 Å². The molecular weight excluding hydrogens is 265 g/mol. The van der Waals surface area contributed by atoms with E-state index in [0.29, 0.717) is 6.42 Å². The average molecular weight is 283 g/mol. The van der Waals surface area contributed by atoms with Crippen LogP contribution in [0.5, 0.6) is 0 Å². The van der Waals surface area contributed by atoms with Crippen molar-refractivity contribution in [2.45, 2.75) is 32.2 Å². The minimum atomic E-state index is -1.23. The molecule has 0 aliphatic rings. The molecule has 3 N–H and O–H groups in total. The van der Waals surface area contributed by atoms with Crippen LogP contribution in [0.4, 0.5) is 15.0 Å². The number of anilines is 1. The van der Waals surface area contributed by atoms with E-state index >= 15 is 0 Å². The highest BCUT2D eigenvalue weighted by molar-refractivity contribution is 5.90. The van der Waals surface area contributed by atoms with Crippen molar-refractivity contribution in [2.24, 2.45) is 0 Å². The first kappa shape index (κ1) is 15.9. The summed E-state index contributed by atoms with van der Waals surface area (Å²) in [5.41, 5.74) is 0. The number of aromatic nitrogens is 1. The third kappa shape index (κ3) is 5.64. The molecule has 0 aliphatic heterocycles. The molecule has 6 nitrogen and oxygen atoms in total. The molecule has 0 unspecified atom stereocenters. The van der Waals surface area contributed by atoms with Crippen LogP contribution in [-0.4, -0.2) is 34.6 Å². The number of unbranched alkanes of at least 4 members (excludes halogenated alkanes) is 1. The van der Waals surface area contributed by atoms with Crippen molar-refractivity contribution in [2.75, 3.05) is 11.9 Å². The maximum absolute atomic E-state index is 12.9. The van der Waals surface area contributed by atoms with Crippen molar-refractivity contribution in [1.82, 2.24) is 10.3 Å². The second kappa shape index (κ2) is 8.08. The van der Waals surface area contributed by atoms with Gasteiger partial charge in [0.2, 0.25) is 5.95 Å². The van der Waals surface area contributed by atoms with E-state index in [0.717, 1.165) is 12.8 Å². The fraction of sp³-hybridized carbons (Fsp3) is 0.462. The Bertz CT molecular complexity index is 468. The highest BCUT2D eigenvalue weighted by atomic mass is 19.1. The van der Waals surface area contributed by atoms with Gasteiger partial charge < -0.3 is 15.7 Å². The van der Waals surface area contributed by atoms with Gasteiger partial charge in [0.1, 0.15) is 5.82 Å². The van der Waals surface area contributed by atoms with E-state index in [4.69, 9.17) is 5.11 Å². The predicted molar refractivity (Wildman–Crippen MR) is 72.2 cm³/mol. The summed E-state index contributed by atoms with van der Waals surface area (Å²) in [6, 6.07) is 3.44. The lowest BCUT2D eigenvalue weighted by atomic mass is 10.1. The molecule has 7 heteroatoms. The maximum Gasteiger partial charge on any atom is 0.405 e. The first-order valence-corrected chi connectivity index (χ1v) is 6.41. The zero-order valence-electron chi connectivity index (χ0n) is 11.2. The standard InChI is InChI=1S/C13H18FN3O3/c1-2-3-5-9(16-13(19)20)10(18)8-15-12-7-4-6-11(14)17-12/h4,6-7,9,16H,2-3,5,8H2,1H3,(H,15,17)(H,19,20)/t9-/m0/s1. The molecule has 1 aromatic heterocycles. The molecule has 110 valence electrons. The number of halogens is 1. The molecule has 1 amide bonds. The highest BCUT2D eigenvalue weighted by Gasteiger charge is 2.19. The van der Waals surface area contributed by atoms with Gasteiger partial charge in [0.05, 0.1) is 12.6 Å². The number of carbonyl (C=O) groups is 2. The Balaban J connectivity index is 2.54. The minimum Gasteiger partial charge on any atom is -0.465 e. The first-order valence-electron chi connectivity index (χ1n) is 6.41. The molecule has 0 spiro atoms. The quantitative estimate of drug-likeness (QED) is 0.635. The van der Waals surface area contributed by atoms with Gasteiger partial charge in [-0.3, -0.25) is 4.79 Å². The number of hydrogen-bond donors (Lipinski definition) is 3. The third-order valence-corrected chi connectivity index (χ3v) is 2.69. The van der Waals surface area contributed by atoms with Crippen LogP contribution in [-0.2, 0) is 4.79 Å². The van der Waals surface area contributed by atoms with Crippen LogP contribution in [0, 0.1) is 5.95 Å². The number of rotatable bonds is 8. The van der Waals surface area contributed by atoms with Crippen LogP contribution in [0.2, 0.25) is 0 Å². The number of amides is 1. The molecular formula is C13H18FN3O3. The lowest BCUT2D eigenvalue weighted by Crippen LogP contribution is -2.42. The topological polar surface area (TPSA) is 91.3 Å². The SMILES string of the molecule is CCCC[C@H](NC(=O)O)C(=O)CNc1cccc(F)n1.